The van der Waals surface area contributed by atoms with E-state index in [-0.39, 0.29) is 25.7 Å². The summed E-state index contributed by atoms with van der Waals surface area (Å²) in [6.45, 7) is 4.76. The Bertz CT molecular complexity index is 455. The Balaban J connectivity index is 2.60. The molecule has 1 rings (SSSR count). The van der Waals surface area contributed by atoms with Crippen LogP contribution in [0.25, 0.3) is 0 Å². The van der Waals surface area contributed by atoms with Gasteiger partial charge >= 0.3 is 0 Å². The van der Waals surface area contributed by atoms with E-state index in [1.54, 1.807) is 19.1 Å². The summed E-state index contributed by atoms with van der Waals surface area (Å²) in [5.41, 5.74) is 0.960. The fourth-order valence-corrected chi connectivity index (χ4v) is 1.95. The van der Waals surface area contributed by atoms with Crippen molar-refractivity contribution in [2.24, 2.45) is 5.41 Å². The normalized spacial score (nSPS) is 11.3. The second kappa shape index (κ2) is 8.76. The summed E-state index contributed by atoms with van der Waals surface area (Å²) in [6.07, 6.45) is 2.29. The van der Waals surface area contributed by atoms with Gasteiger partial charge in [0.15, 0.2) is 0 Å². The second-order valence-corrected chi connectivity index (χ2v) is 6.13. The predicted molar refractivity (Wildman–Crippen MR) is 89.2 cm³/mol. The number of carbonyl (C=O) groups is 1. The molecule has 0 atom stereocenters. The Morgan fingerprint density at radius 1 is 1.23 bits per heavy atom. The molecular weight excluding hydrogens is 280 g/mol. The minimum Gasteiger partial charge on any atom is -0.396 e. The maximum absolute atomic E-state index is 12.1. The average Bonchev–Trinajstić information content (AvgIpc) is 2.57. The summed E-state index contributed by atoms with van der Waals surface area (Å²) in [6, 6.07) is 7.45. The fourth-order valence-electron chi connectivity index (χ4n) is 1.95. The molecule has 0 aromatic heterocycles. The van der Waals surface area contributed by atoms with Gasteiger partial charge in [0.25, 0.3) is 5.91 Å². The second-order valence-electron chi connectivity index (χ2n) is 6.13. The van der Waals surface area contributed by atoms with Crippen LogP contribution in [-0.4, -0.2) is 49.5 Å². The average molecular weight is 308 g/mol. The van der Waals surface area contributed by atoms with Gasteiger partial charge in [-0.15, -0.1) is 0 Å². The zero-order valence-corrected chi connectivity index (χ0v) is 13.8. The number of amides is 1. The molecule has 22 heavy (non-hydrogen) atoms. The lowest BCUT2D eigenvalue weighted by Gasteiger charge is -2.24. The molecule has 0 bridgehead atoms. The minimum absolute atomic E-state index is 0.176. The van der Waals surface area contributed by atoms with Crippen LogP contribution >= 0.6 is 0 Å². The summed E-state index contributed by atoms with van der Waals surface area (Å²) in [5, 5.41) is 21.2. The zero-order valence-electron chi connectivity index (χ0n) is 13.8. The van der Waals surface area contributed by atoms with E-state index in [1.165, 1.54) is 0 Å². The van der Waals surface area contributed by atoms with Gasteiger partial charge < -0.3 is 20.4 Å². The van der Waals surface area contributed by atoms with E-state index in [0.29, 0.717) is 5.56 Å². The van der Waals surface area contributed by atoms with E-state index in [1.807, 2.05) is 19.2 Å². The lowest BCUT2D eigenvalue weighted by Crippen LogP contribution is -2.40. The molecule has 3 N–H and O–H groups in total. The number of hydrogen-bond acceptors (Lipinski definition) is 4. The molecule has 0 unspecified atom stereocenters. The van der Waals surface area contributed by atoms with Crippen molar-refractivity contribution in [1.82, 2.24) is 5.32 Å². The maximum Gasteiger partial charge on any atom is 0.251 e. The van der Waals surface area contributed by atoms with Gasteiger partial charge in [-0.3, -0.25) is 4.79 Å². The third kappa shape index (κ3) is 5.31. The molecule has 0 heterocycles. The van der Waals surface area contributed by atoms with Crippen molar-refractivity contribution in [1.29, 1.82) is 0 Å². The summed E-state index contributed by atoms with van der Waals surface area (Å²) < 4.78 is 0. The molecule has 1 amide bonds. The number of aliphatic hydroxyl groups excluding tert-OH is 2. The first-order valence-electron chi connectivity index (χ1n) is 7.77. The van der Waals surface area contributed by atoms with Crippen LogP contribution in [0.5, 0.6) is 0 Å². The highest BCUT2D eigenvalue weighted by molar-refractivity contribution is 5.94. The Kier molecular flexibility index (Phi) is 7.35. The van der Waals surface area contributed by atoms with Gasteiger partial charge in [0.2, 0.25) is 0 Å². The van der Waals surface area contributed by atoms with Crippen molar-refractivity contribution < 1.29 is 15.0 Å². The van der Waals surface area contributed by atoms with Gasteiger partial charge in [0.1, 0.15) is 0 Å². The highest BCUT2D eigenvalue weighted by Crippen LogP contribution is 2.16. The lowest BCUT2D eigenvalue weighted by atomic mass is 9.93. The quantitative estimate of drug-likeness (QED) is 0.648. The Morgan fingerprint density at radius 2 is 1.82 bits per heavy atom. The first-order valence-corrected chi connectivity index (χ1v) is 7.77. The summed E-state index contributed by atoms with van der Waals surface area (Å²) >= 11 is 0. The van der Waals surface area contributed by atoms with Crippen LogP contribution < -0.4 is 10.2 Å². The monoisotopic (exact) mass is 308 g/mol. The van der Waals surface area contributed by atoms with Crippen molar-refractivity contribution >= 4 is 11.6 Å². The molecule has 0 spiro atoms. The smallest absolute Gasteiger partial charge is 0.251 e. The van der Waals surface area contributed by atoms with Crippen LogP contribution in [0, 0.1) is 5.41 Å². The third-order valence-electron chi connectivity index (χ3n) is 3.86. The summed E-state index contributed by atoms with van der Waals surface area (Å²) in [4.78, 5) is 14.3. The van der Waals surface area contributed by atoms with Crippen LogP contribution in [0.4, 0.5) is 5.69 Å². The Labute approximate surface area is 133 Å². The Hall–Kier alpha value is -1.59. The van der Waals surface area contributed by atoms with E-state index >= 15 is 0 Å². The summed E-state index contributed by atoms with van der Waals surface area (Å²) in [7, 11) is 2.04. The number of nitrogens with zero attached hydrogens (tertiary/aromatic N) is 1. The van der Waals surface area contributed by atoms with Gasteiger partial charge in [-0.2, -0.15) is 0 Å². The van der Waals surface area contributed by atoms with Crippen LogP contribution in [0.2, 0.25) is 0 Å². The maximum atomic E-state index is 12.1. The number of carbonyl (C=O) groups excluding carboxylic acids is 1. The molecule has 0 aliphatic carbocycles. The van der Waals surface area contributed by atoms with Crippen molar-refractivity contribution in [3.05, 3.63) is 29.8 Å². The van der Waals surface area contributed by atoms with Gasteiger partial charge in [0, 0.05) is 36.8 Å². The highest BCUT2D eigenvalue weighted by Gasteiger charge is 2.23. The number of rotatable bonds is 9. The predicted octanol–water partition coefficient (Wildman–Crippen LogP) is 1.64. The molecule has 124 valence electrons. The molecule has 0 saturated heterocycles. The largest absolute Gasteiger partial charge is 0.396 e. The summed E-state index contributed by atoms with van der Waals surface area (Å²) in [5.74, 6) is -0.198. The van der Waals surface area contributed by atoms with E-state index in [9.17, 15) is 15.0 Å². The lowest BCUT2D eigenvalue weighted by molar-refractivity contribution is 0.0646. The van der Waals surface area contributed by atoms with Gasteiger partial charge in [-0.05, 0) is 30.7 Å². The zero-order chi connectivity index (χ0) is 16.6. The highest BCUT2D eigenvalue weighted by atomic mass is 16.3. The Morgan fingerprint density at radius 3 is 2.32 bits per heavy atom. The number of benzene rings is 1. The van der Waals surface area contributed by atoms with Crippen LogP contribution in [0.3, 0.4) is 0 Å². The molecule has 5 heteroatoms. The van der Waals surface area contributed by atoms with Gasteiger partial charge in [0.05, 0.1) is 13.2 Å². The standard InChI is InChI=1S/C17H28N2O3/c1-4-5-10-19(3)15-8-6-14(7-9-15)16(22)18-11-17(2,12-20)13-21/h6-9,20-21H,4-5,10-13H2,1-3H3,(H,18,22). The molecule has 0 aliphatic rings. The van der Waals surface area contributed by atoms with Crippen LogP contribution in [-0.2, 0) is 0 Å². The molecule has 1 aromatic rings. The molecule has 0 fully saturated rings. The van der Waals surface area contributed by atoms with Crippen molar-refractivity contribution in [2.75, 3.05) is 38.3 Å². The van der Waals surface area contributed by atoms with E-state index in [4.69, 9.17) is 0 Å². The van der Waals surface area contributed by atoms with Crippen molar-refractivity contribution in [3.8, 4) is 0 Å². The molecule has 0 radical (unpaired) electrons. The van der Waals surface area contributed by atoms with Crippen LogP contribution in [0.1, 0.15) is 37.0 Å². The van der Waals surface area contributed by atoms with Crippen molar-refractivity contribution in [2.45, 2.75) is 26.7 Å². The van der Waals surface area contributed by atoms with E-state index in [2.05, 4.69) is 17.1 Å². The fraction of sp³-hybridized carbons (Fsp3) is 0.588. The number of nitrogens with one attached hydrogen (secondary N) is 1. The number of unbranched alkanes of at least 4 members (excludes halogenated alkanes) is 1. The van der Waals surface area contributed by atoms with E-state index in [0.717, 1.165) is 25.1 Å². The van der Waals surface area contributed by atoms with E-state index < -0.39 is 5.41 Å². The number of anilines is 1. The van der Waals surface area contributed by atoms with Crippen LogP contribution in [0.15, 0.2) is 24.3 Å². The SMILES string of the molecule is CCCCN(C)c1ccc(C(=O)NCC(C)(CO)CO)cc1. The number of aliphatic hydroxyl groups is 2. The molecule has 5 nitrogen and oxygen atoms in total. The topological polar surface area (TPSA) is 72.8 Å². The molecular formula is C17H28N2O3. The minimum atomic E-state index is -0.698. The van der Waals surface area contributed by atoms with Gasteiger partial charge in [-0.1, -0.05) is 20.3 Å². The first kappa shape index (κ1) is 18.5. The van der Waals surface area contributed by atoms with Gasteiger partial charge in [-0.25, -0.2) is 0 Å². The first-order chi connectivity index (χ1) is 10.5. The molecule has 0 saturated carbocycles. The number of hydrogen-bond donors (Lipinski definition) is 3. The third-order valence-corrected chi connectivity index (χ3v) is 3.86. The van der Waals surface area contributed by atoms with Crippen molar-refractivity contribution in [3.63, 3.8) is 0 Å². The molecule has 0 aliphatic heterocycles. The molecule has 1 aromatic carbocycles.